The van der Waals surface area contributed by atoms with E-state index in [0.717, 1.165) is 5.56 Å². The summed E-state index contributed by atoms with van der Waals surface area (Å²) in [5.41, 5.74) is 27.9. The van der Waals surface area contributed by atoms with Crippen LogP contribution in [-0.4, -0.2) is 200 Å². The van der Waals surface area contributed by atoms with Crippen molar-refractivity contribution in [3.8, 4) is 11.5 Å². The van der Waals surface area contributed by atoms with Gasteiger partial charge in [-0.15, -0.1) is 0 Å². The van der Waals surface area contributed by atoms with Gasteiger partial charge >= 0.3 is 0 Å². The number of pyridine rings is 2. The third-order valence-corrected chi connectivity index (χ3v) is 14.6. The van der Waals surface area contributed by atoms with Gasteiger partial charge in [0, 0.05) is 24.2 Å². The number of aromatic nitrogens is 12. The van der Waals surface area contributed by atoms with E-state index in [1.807, 2.05) is 0 Å². The number of nitrogens with one attached hydrogen (secondary N) is 3. The highest BCUT2D eigenvalue weighted by molar-refractivity contribution is 5.95. The van der Waals surface area contributed by atoms with Crippen LogP contribution in [0.1, 0.15) is 52.4 Å². The monoisotopic (exact) mass is 1220 g/mol. The molecule has 10 heterocycles. The van der Waals surface area contributed by atoms with Gasteiger partial charge in [-0.3, -0.25) is 33.1 Å². The maximum Gasteiger partial charge on any atom is 0.253 e. The van der Waals surface area contributed by atoms with Crippen LogP contribution in [0.25, 0.3) is 33.5 Å². The number of phenolic OH excluding ortho intramolecular Hbond substituents is 1. The lowest BCUT2D eigenvalue weighted by Gasteiger charge is -2.24. The predicted molar refractivity (Wildman–Crippen MR) is 311 cm³/mol. The third-order valence-electron chi connectivity index (χ3n) is 14.6. The maximum atomic E-state index is 12.8. The lowest BCUT2D eigenvalue weighted by molar-refractivity contribution is -0.124. The molecule has 88 heavy (non-hydrogen) atoms. The van der Waals surface area contributed by atoms with E-state index >= 15 is 0 Å². The normalized spacial score (nSPS) is 24.1. The maximum absolute atomic E-state index is 12.8. The van der Waals surface area contributed by atoms with Gasteiger partial charge < -0.3 is 93.6 Å². The van der Waals surface area contributed by atoms with Gasteiger partial charge in [0.15, 0.2) is 47.3 Å². The number of fused-ring (bicyclic) bond motifs is 3. The average molecular weight is 1220 g/mol. The fourth-order valence-corrected chi connectivity index (χ4v) is 10.1. The van der Waals surface area contributed by atoms with Crippen molar-refractivity contribution in [2.24, 2.45) is 5.73 Å². The minimum Gasteiger partial charge on any atom is -0.508 e. The van der Waals surface area contributed by atoms with Gasteiger partial charge in [0.05, 0.1) is 63.2 Å². The Bertz CT molecular complexity index is 3860. The molecule has 3 aliphatic heterocycles. The van der Waals surface area contributed by atoms with Crippen molar-refractivity contribution in [1.29, 1.82) is 0 Å². The van der Waals surface area contributed by atoms with Crippen LogP contribution in [-0.2, 0) is 25.4 Å². The van der Waals surface area contributed by atoms with E-state index < -0.39 is 117 Å². The highest BCUT2D eigenvalue weighted by atomic mass is 16.6. The molecule has 0 saturated carbocycles. The number of nitrogens with zero attached hydrogens (tertiary/aromatic N) is 12. The molecule has 3 amide bonds. The highest BCUT2D eigenvalue weighted by Crippen LogP contribution is 2.35. The molecule has 2 aromatic carbocycles. The summed E-state index contributed by atoms with van der Waals surface area (Å²) in [6.07, 6.45) is 2.86. The number of rotatable bonds is 15. The van der Waals surface area contributed by atoms with Crippen LogP contribution in [0.4, 0.5) is 17.3 Å². The van der Waals surface area contributed by atoms with Crippen molar-refractivity contribution in [2.75, 3.05) is 44.1 Å². The largest absolute Gasteiger partial charge is 0.508 e. The Hall–Kier alpha value is -9.68. The predicted octanol–water partition coefficient (Wildman–Crippen LogP) is -2.02. The van der Waals surface area contributed by atoms with Crippen molar-refractivity contribution < 1.29 is 69.1 Å². The van der Waals surface area contributed by atoms with Crippen molar-refractivity contribution in [3.05, 3.63) is 134 Å². The van der Waals surface area contributed by atoms with E-state index in [9.17, 15) is 50.1 Å². The molecule has 0 radical (unpaired) electrons. The van der Waals surface area contributed by atoms with Gasteiger partial charge in [0.2, 0.25) is 5.91 Å². The zero-order chi connectivity index (χ0) is 61.6. The summed E-state index contributed by atoms with van der Waals surface area (Å²) in [6, 6.07) is 14.3. The molecule has 18 N–H and O–H groups in total. The topological polar surface area (TPSA) is 501 Å². The number of aliphatic hydroxyl groups excluding tert-OH is 6. The average Bonchev–Trinajstić information content (AvgIpc) is 2.69. The minimum absolute atomic E-state index is 0. The summed E-state index contributed by atoms with van der Waals surface area (Å²) < 4.78 is 27.1. The van der Waals surface area contributed by atoms with Crippen LogP contribution >= 0.6 is 0 Å². The number of hydrogen-bond acceptors (Lipinski definition) is 27. The quantitative estimate of drug-likeness (QED) is 0.0527. The summed E-state index contributed by atoms with van der Waals surface area (Å²) in [6.45, 7) is -1.28. The molecule has 12 rings (SSSR count). The van der Waals surface area contributed by atoms with Crippen LogP contribution in [0.5, 0.6) is 11.5 Å². The number of imidazole rings is 3. The molecule has 9 aromatic rings. The van der Waals surface area contributed by atoms with E-state index in [4.69, 9.17) is 41.9 Å². The summed E-state index contributed by atoms with van der Waals surface area (Å²) in [5, 5.41) is 78.1. The molecule has 3 aliphatic rings. The smallest absolute Gasteiger partial charge is 0.253 e. The number of benzene rings is 2. The Morgan fingerprint density at radius 1 is 0.602 bits per heavy atom. The highest BCUT2D eigenvalue weighted by Gasteiger charge is 2.49. The Kier molecular flexibility index (Phi) is 19.5. The molecule has 4 unspecified atom stereocenters. The van der Waals surface area contributed by atoms with Gasteiger partial charge in [-0.05, 0) is 60.5 Å². The van der Waals surface area contributed by atoms with Crippen LogP contribution in [0, 0.1) is 0 Å². The summed E-state index contributed by atoms with van der Waals surface area (Å²) in [4.78, 5) is 75.0. The number of carbonyl (C=O) groups is 3. The Morgan fingerprint density at radius 3 is 1.57 bits per heavy atom. The lowest BCUT2D eigenvalue weighted by Crippen LogP contribution is -2.52. The first kappa shape index (κ1) is 62.8. The number of methoxy groups -OCH3 is 1. The molecule has 33 heteroatoms. The zero-order valence-corrected chi connectivity index (χ0v) is 46.0. The second kappa shape index (κ2) is 27.4. The molecule has 7 aromatic heterocycles. The van der Waals surface area contributed by atoms with Gasteiger partial charge in [0.25, 0.3) is 11.8 Å². The molecular formula is C55H65N19O14. The van der Waals surface area contributed by atoms with Crippen molar-refractivity contribution in [1.82, 2.24) is 74.5 Å². The first-order chi connectivity index (χ1) is 42.0. The number of ether oxygens (including phenoxy) is 4. The van der Waals surface area contributed by atoms with Crippen LogP contribution < -0.4 is 43.6 Å². The summed E-state index contributed by atoms with van der Waals surface area (Å²) in [5.74, 6) is -0.337. The Morgan fingerprint density at radius 2 is 1.08 bits per heavy atom. The van der Waals surface area contributed by atoms with Gasteiger partial charge in [-0.25, -0.2) is 39.9 Å². The lowest BCUT2D eigenvalue weighted by atomic mass is 10.0. The van der Waals surface area contributed by atoms with E-state index in [1.165, 1.54) is 67.8 Å². The summed E-state index contributed by atoms with van der Waals surface area (Å²) >= 11 is 0. The summed E-state index contributed by atoms with van der Waals surface area (Å²) in [7, 11) is 1.51. The second-order valence-electron chi connectivity index (χ2n) is 20.1. The number of phenols is 1. The van der Waals surface area contributed by atoms with Crippen LogP contribution in [0.2, 0.25) is 0 Å². The molecule has 3 fully saturated rings. The molecule has 0 bridgehead atoms. The second-order valence-corrected chi connectivity index (χ2v) is 20.1. The SMILES string of the molecule is C.COc1cccc(C(=O)N[C@H]2C(O)[C@@H](CO)O[C@H]2n2cnc3c(N)ccnc32)c1.Nc1ncnc2c1ncn2[C@@H]1O[C@H](CO)C(O)[C@@H]1NC(=O)C(N)Cc1ccc(O)cc1.Nc1ncnc2c1ncn2[C@@H]1O[C@H](CO)C(O)[C@@H]1NC(=O)c1cccnc1. The van der Waals surface area contributed by atoms with Crippen LogP contribution in [0.15, 0.2) is 117 Å². The molecular weight excluding hydrogens is 1150 g/mol. The molecule has 3 saturated heterocycles. The molecule has 13 atom stereocenters. The minimum atomic E-state index is -1.20. The Labute approximate surface area is 499 Å². The van der Waals surface area contributed by atoms with E-state index in [0.29, 0.717) is 56.1 Å². The standard InChI is InChI=1S/C19H23N7O5.C19H21N5O5.C16H17N7O4.CH4/c20-11(5-9-1-3-10(28)4-2-9)18(30)25-13-15(29)12(6-27)31-19(13)26-8-24-14-16(21)22-7-23-17(14)26;1-28-11-4-2-3-10(7-11)18(27)23-15-16(26)13(8-25)29-19(15)24-9-22-14-12(20)5-6-21-17(14)24;17-13-11-14(20-6-19-13)23(7-21-11)16-10(12(25)9(5-24)27-16)22-15(26)8-2-1-3-18-4-8;/h1-4,7-8,11-13,15,19,27-29H,5-6,20H2,(H,25,30)(H2,21,22,23);2-7,9,13,15-16,19,25-26H,8H2,1H3,(H2,20,21)(H,23,27);1-4,6-7,9-10,12,16,24-25H,5H2,(H,22,26)(H2,17,19,20);1H4/t11?,12-,13+,15?,19-;13-,15+,16?,19-;9-,10+,12?,16-;/m111./s1. The van der Waals surface area contributed by atoms with E-state index in [1.54, 1.807) is 69.9 Å². The van der Waals surface area contributed by atoms with Gasteiger partial charge in [-0.1, -0.05) is 25.6 Å². The van der Waals surface area contributed by atoms with E-state index in [-0.39, 0.29) is 31.2 Å². The molecule has 464 valence electrons. The number of aliphatic hydroxyl groups is 6. The van der Waals surface area contributed by atoms with Gasteiger partial charge in [0.1, 0.15) is 95.5 Å². The number of aromatic hydroxyl groups is 1. The van der Waals surface area contributed by atoms with E-state index in [2.05, 4.69) is 60.8 Å². The van der Waals surface area contributed by atoms with Crippen LogP contribution in [0.3, 0.4) is 0 Å². The molecule has 0 spiro atoms. The number of carbonyl (C=O) groups excluding carboxylic acids is 3. The number of nitrogens with two attached hydrogens (primary N) is 4. The number of anilines is 3. The third kappa shape index (κ3) is 12.9. The number of amides is 3. The van der Waals surface area contributed by atoms with Crippen molar-refractivity contribution >= 4 is 68.5 Å². The Balaban J connectivity index is 0.000000157. The van der Waals surface area contributed by atoms with Crippen molar-refractivity contribution in [2.45, 2.75) is 93.3 Å². The fraction of sp³-hybridized carbons (Fsp3) is 0.345. The first-order valence-corrected chi connectivity index (χ1v) is 26.8. The molecule has 0 aliphatic carbocycles. The van der Waals surface area contributed by atoms with Crippen molar-refractivity contribution in [3.63, 3.8) is 0 Å². The fourth-order valence-electron chi connectivity index (χ4n) is 10.1. The number of nitrogen functional groups attached to an aromatic ring is 3. The van der Waals surface area contributed by atoms with Gasteiger partial charge in [-0.2, -0.15) is 0 Å². The zero-order valence-electron chi connectivity index (χ0n) is 46.0. The first-order valence-electron chi connectivity index (χ1n) is 26.8. The molecule has 33 nitrogen and oxygen atoms in total. The number of hydrogen-bond donors (Lipinski definition) is 14.